The van der Waals surface area contributed by atoms with E-state index < -0.39 is 0 Å². The van der Waals surface area contributed by atoms with Crippen LogP contribution in [0.25, 0.3) is 0 Å². The zero-order valence-electron chi connectivity index (χ0n) is 8.28. The van der Waals surface area contributed by atoms with Crippen molar-refractivity contribution in [2.24, 2.45) is 5.92 Å². The molecule has 1 aromatic rings. The summed E-state index contributed by atoms with van der Waals surface area (Å²) in [5, 5.41) is 0. The second-order valence-electron chi connectivity index (χ2n) is 3.87. The quantitative estimate of drug-likeness (QED) is 0.723. The van der Waals surface area contributed by atoms with E-state index in [1.807, 2.05) is 6.07 Å². The molecule has 2 rings (SSSR count). The molecule has 0 aromatic carbocycles. The summed E-state index contributed by atoms with van der Waals surface area (Å²) in [6.07, 6.45) is 4.14. The Morgan fingerprint density at radius 1 is 1.36 bits per heavy atom. The monoisotopic (exact) mass is 255 g/mol. The lowest BCUT2D eigenvalue weighted by atomic mass is 9.99. The Balaban J connectivity index is 2.08. The minimum atomic E-state index is 0.858. The van der Waals surface area contributed by atoms with Gasteiger partial charge in [-0.05, 0) is 34.7 Å². The van der Waals surface area contributed by atoms with Gasteiger partial charge in [-0.25, -0.2) is 9.97 Å². The topological polar surface area (TPSA) is 29.0 Å². The molecule has 14 heavy (non-hydrogen) atoms. The first-order valence-electron chi connectivity index (χ1n) is 4.98. The number of aromatic nitrogens is 2. The van der Waals surface area contributed by atoms with E-state index in [0.717, 1.165) is 29.4 Å². The number of nitrogens with zero attached hydrogens (tertiary/aromatic N) is 3. The largest absolute Gasteiger partial charge is 0.356 e. The van der Waals surface area contributed by atoms with Gasteiger partial charge >= 0.3 is 0 Å². The zero-order valence-corrected chi connectivity index (χ0v) is 9.87. The maximum atomic E-state index is 4.27. The average Bonchev–Trinajstić information content (AvgIpc) is 2.19. The molecule has 0 aliphatic carbocycles. The predicted octanol–water partition coefficient (Wildman–Crippen LogP) is 2.48. The van der Waals surface area contributed by atoms with Crippen LogP contribution in [0.3, 0.4) is 0 Å². The molecule has 1 saturated heterocycles. The van der Waals surface area contributed by atoms with Crippen molar-refractivity contribution in [3.8, 4) is 0 Å². The van der Waals surface area contributed by atoms with Gasteiger partial charge in [-0.2, -0.15) is 0 Å². The Labute approximate surface area is 92.7 Å². The fourth-order valence-corrected chi connectivity index (χ4v) is 2.03. The van der Waals surface area contributed by atoms with Crippen LogP contribution in [0, 0.1) is 5.92 Å². The predicted molar refractivity (Wildman–Crippen MR) is 60.3 cm³/mol. The lowest BCUT2D eigenvalue weighted by Crippen LogP contribution is -2.33. The van der Waals surface area contributed by atoms with Crippen LogP contribution in [-0.2, 0) is 0 Å². The van der Waals surface area contributed by atoms with E-state index in [4.69, 9.17) is 0 Å². The smallest absolute Gasteiger partial charge is 0.133 e. The van der Waals surface area contributed by atoms with E-state index in [0.29, 0.717) is 0 Å². The molecule has 0 bridgehead atoms. The molecule has 0 amide bonds. The van der Waals surface area contributed by atoms with E-state index in [2.05, 4.69) is 37.7 Å². The standard InChI is InChI=1S/C10H14BrN3/c1-8-2-4-14(5-3-8)10-6-9(11)12-7-13-10/h6-8H,2-5H2,1H3. The number of piperidine rings is 1. The molecule has 4 heteroatoms. The summed E-state index contributed by atoms with van der Waals surface area (Å²) in [4.78, 5) is 10.6. The lowest BCUT2D eigenvalue weighted by Gasteiger charge is -2.31. The van der Waals surface area contributed by atoms with Crippen molar-refractivity contribution < 1.29 is 0 Å². The Morgan fingerprint density at radius 2 is 2.07 bits per heavy atom. The first kappa shape index (κ1) is 9.90. The number of anilines is 1. The van der Waals surface area contributed by atoms with Crippen molar-refractivity contribution in [1.29, 1.82) is 0 Å². The molecule has 3 nitrogen and oxygen atoms in total. The molecule has 1 aromatic heterocycles. The summed E-state index contributed by atoms with van der Waals surface area (Å²) in [7, 11) is 0. The molecule has 2 heterocycles. The van der Waals surface area contributed by atoms with Crippen molar-refractivity contribution in [2.45, 2.75) is 19.8 Å². The number of hydrogen-bond acceptors (Lipinski definition) is 3. The molecule has 1 aliphatic heterocycles. The van der Waals surface area contributed by atoms with Crippen LogP contribution in [0.2, 0.25) is 0 Å². The molecule has 0 N–H and O–H groups in total. The highest BCUT2D eigenvalue weighted by Crippen LogP contribution is 2.22. The molecule has 0 spiro atoms. The van der Waals surface area contributed by atoms with Crippen molar-refractivity contribution in [3.63, 3.8) is 0 Å². The van der Waals surface area contributed by atoms with Crippen LogP contribution in [-0.4, -0.2) is 23.1 Å². The van der Waals surface area contributed by atoms with E-state index in [1.165, 1.54) is 12.8 Å². The summed E-state index contributed by atoms with van der Waals surface area (Å²) in [5.74, 6) is 1.90. The first-order valence-corrected chi connectivity index (χ1v) is 5.77. The molecule has 1 aliphatic rings. The molecular formula is C10H14BrN3. The van der Waals surface area contributed by atoms with Crippen LogP contribution in [0.1, 0.15) is 19.8 Å². The van der Waals surface area contributed by atoms with Crippen molar-refractivity contribution in [1.82, 2.24) is 9.97 Å². The van der Waals surface area contributed by atoms with Crippen molar-refractivity contribution in [2.75, 3.05) is 18.0 Å². The van der Waals surface area contributed by atoms with E-state index in [9.17, 15) is 0 Å². The van der Waals surface area contributed by atoms with E-state index >= 15 is 0 Å². The lowest BCUT2D eigenvalue weighted by molar-refractivity contribution is 0.436. The Morgan fingerprint density at radius 3 is 2.71 bits per heavy atom. The molecule has 0 radical (unpaired) electrons. The SMILES string of the molecule is CC1CCN(c2cc(Br)ncn2)CC1. The minimum Gasteiger partial charge on any atom is -0.356 e. The molecule has 0 saturated carbocycles. The van der Waals surface area contributed by atoms with Gasteiger partial charge in [0.05, 0.1) is 0 Å². The maximum absolute atomic E-state index is 4.27. The highest BCUT2D eigenvalue weighted by molar-refractivity contribution is 9.10. The molecule has 76 valence electrons. The van der Waals surface area contributed by atoms with Crippen LogP contribution in [0.15, 0.2) is 17.0 Å². The van der Waals surface area contributed by atoms with Crippen LogP contribution in [0.4, 0.5) is 5.82 Å². The van der Waals surface area contributed by atoms with Crippen LogP contribution < -0.4 is 4.90 Å². The van der Waals surface area contributed by atoms with Gasteiger partial charge in [-0.15, -0.1) is 0 Å². The van der Waals surface area contributed by atoms with Crippen LogP contribution >= 0.6 is 15.9 Å². The summed E-state index contributed by atoms with van der Waals surface area (Å²) in [6.45, 7) is 4.54. The van der Waals surface area contributed by atoms with Crippen molar-refractivity contribution in [3.05, 3.63) is 17.0 Å². The van der Waals surface area contributed by atoms with Gasteiger partial charge in [0.25, 0.3) is 0 Å². The Kier molecular flexibility index (Phi) is 3.01. The third-order valence-electron chi connectivity index (χ3n) is 2.73. The normalized spacial score (nSPS) is 18.6. The fourth-order valence-electron chi connectivity index (χ4n) is 1.73. The average molecular weight is 256 g/mol. The first-order chi connectivity index (χ1) is 6.75. The van der Waals surface area contributed by atoms with Gasteiger partial charge in [0.2, 0.25) is 0 Å². The number of hydrogen-bond donors (Lipinski definition) is 0. The number of halogens is 1. The molecule has 1 fully saturated rings. The fraction of sp³-hybridized carbons (Fsp3) is 0.600. The minimum absolute atomic E-state index is 0.858. The zero-order chi connectivity index (χ0) is 9.97. The Hall–Kier alpha value is -0.640. The highest BCUT2D eigenvalue weighted by Gasteiger charge is 2.16. The molecule has 0 unspecified atom stereocenters. The number of rotatable bonds is 1. The van der Waals surface area contributed by atoms with E-state index in [1.54, 1.807) is 6.33 Å². The van der Waals surface area contributed by atoms with Gasteiger partial charge < -0.3 is 4.90 Å². The van der Waals surface area contributed by atoms with Crippen LogP contribution in [0.5, 0.6) is 0 Å². The van der Waals surface area contributed by atoms with Gasteiger partial charge in [0, 0.05) is 19.2 Å². The van der Waals surface area contributed by atoms with Gasteiger partial charge in [-0.1, -0.05) is 6.92 Å². The second kappa shape index (κ2) is 4.26. The van der Waals surface area contributed by atoms with E-state index in [-0.39, 0.29) is 0 Å². The third-order valence-corrected chi connectivity index (χ3v) is 3.16. The second-order valence-corrected chi connectivity index (χ2v) is 4.68. The third kappa shape index (κ3) is 2.23. The summed E-state index contributed by atoms with van der Waals surface area (Å²) < 4.78 is 0.862. The summed E-state index contributed by atoms with van der Waals surface area (Å²) in [6, 6.07) is 1.98. The molecule has 0 atom stereocenters. The van der Waals surface area contributed by atoms with Crippen molar-refractivity contribution >= 4 is 21.7 Å². The summed E-state index contributed by atoms with van der Waals surface area (Å²) >= 11 is 3.36. The molecular weight excluding hydrogens is 242 g/mol. The van der Waals surface area contributed by atoms with Gasteiger partial charge in [0.1, 0.15) is 16.7 Å². The Bertz CT molecular complexity index is 308. The highest BCUT2D eigenvalue weighted by atomic mass is 79.9. The maximum Gasteiger partial charge on any atom is 0.133 e. The van der Waals surface area contributed by atoms with Gasteiger partial charge in [-0.3, -0.25) is 0 Å². The van der Waals surface area contributed by atoms with Gasteiger partial charge in [0.15, 0.2) is 0 Å². The summed E-state index contributed by atoms with van der Waals surface area (Å²) in [5.41, 5.74) is 0.